The van der Waals surface area contributed by atoms with Crippen LogP contribution < -0.4 is 4.74 Å². The van der Waals surface area contributed by atoms with Gasteiger partial charge in [-0.3, -0.25) is 4.79 Å². The minimum Gasteiger partial charge on any atom is -0.490 e. The lowest BCUT2D eigenvalue weighted by Crippen LogP contribution is -2.58. The summed E-state index contributed by atoms with van der Waals surface area (Å²) in [6, 6.07) is 11.2. The second kappa shape index (κ2) is 11.2. The van der Waals surface area contributed by atoms with Gasteiger partial charge in [-0.25, -0.2) is 8.42 Å². The molecular weight excluding hydrogens is 535 g/mol. The number of carbonyl (C=O) groups is 1. The summed E-state index contributed by atoms with van der Waals surface area (Å²) in [4.78, 5) is 15.0. The van der Waals surface area contributed by atoms with Crippen molar-refractivity contribution in [2.45, 2.75) is 36.2 Å². The average molecular weight is 562 g/mol. The van der Waals surface area contributed by atoms with Gasteiger partial charge in [-0.05, 0) is 55.7 Å². The van der Waals surface area contributed by atoms with Gasteiger partial charge in [-0.15, -0.1) is 0 Å². The van der Waals surface area contributed by atoms with Crippen LogP contribution in [0.25, 0.3) is 0 Å². The lowest BCUT2D eigenvalue weighted by Gasteiger charge is -2.42. The summed E-state index contributed by atoms with van der Waals surface area (Å²) in [6.45, 7) is 1.52. The Kier molecular flexibility index (Phi) is 8.51. The normalized spacial score (nSPS) is 21.6. The molecule has 7 nitrogen and oxygen atoms in total. The van der Waals surface area contributed by atoms with E-state index in [9.17, 15) is 13.2 Å². The van der Waals surface area contributed by atoms with Crippen LogP contribution in [0.3, 0.4) is 0 Å². The molecular formula is C24H27Cl3N2O5S. The van der Waals surface area contributed by atoms with Gasteiger partial charge in [0, 0.05) is 36.2 Å². The van der Waals surface area contributed by atoms with Gasteiger partial charge in [0.2, 0.25) is 15.9 Å². The van der Waals surface area contributed by atoms with Crippen molar-refractivity contribution < 1.29 is 22.7 Å². The standard InChI is InChI=1S/C24H27Cl3N2O5S/c25-18-5-4-6-20(13-18)33-17-24(15-23(30)28-9-2-1-3-10-28)16-29(11-12-34-24)35(31,32)22-8-7-19(26)14-21(22)27/h4-8,13-14H,1-3,9-12,15-17H2/t24-/m1/s1. The van der Waals surface area contributed by atoms with E-state index in [-0.39, 0.29) is 48.5 Å². The van der Waals surface area contributed by atoms with Crippen LogP contribution in [0.4, 0.5) is 0 Å². The predicted octanol–water partition coefficient (Wildman–Crippen LogP) is 4.89. The van der Waals surface area contributed by atoms with Crippen molar-refractivity contribution >= 4 is 50.7 Å². The summed E-state index contributed by atoms with van der Waals surface area (Å²) in [5.74, 6) is 0.426. The Morgan fingerprint density at radius 2 is 1.74 bits per heavy atom. The average Bonchev–Trinajstić information content (AvgIpc) is 2.83. The van der Waals surface area contributed by atoms with Crippen LogP contribution in [0.5, 0.6) is 5.75 Å². The van der Waals surface area contributed by atoms with Gasteiger partial charge in [0.15, 0.2) is 0 Å². The number of halogens is 3. The summed E-state index contributed by atoms with van der Waals surface area (Å²) < 4.78 is 40.4. The molecule has 1 atom stereocenters. The number of benzene rings is 2. The molecule has 0 spiro atoms. The smallest absolute Gasteiger partial charge is 0.244 e. The van der Waals surface area contributed by atoms with Crippen LogP contribution in [-0.2, 0) is 19.6 Å². The van der Waals surface area contributed by atoms with E-state index in [0.717, 1.165) is 19.3 Å². The van der Waals surface area contributed by atoms with Crippen molar-refractivity contribution in [1.29, 1.82) is 0 Å². The molecule has 2 aliphatic heterocycles. The first kappa shape index (κ1) is 26.5. The molecule has 0 saturated carbocycles. The van der Waals surface area contributed by atoms with E-state index in [0.29, 0.717) is 28.9 Å². The zero-order valence-electron chi connectivity index (χ0n) is 19.1. The molecule has 0 bridgehead atoms. The number of carbonyl (C=O) groups excluding carboxylic acids is 1. The van der Waals surface area contributed by atoms with E-state index < -0.39 is 15.6 Å². The number of amides is 1. The monoisotopic (exact) mass is 560 g/mol. The summed E-state index contributed by atoms with van der Waals surface area (Å²) >= 11 is 18.3. The van der Waals surface area contributed by atoms with Crippen LogP contribution in [0.15, 0.2) is 47.4 Å². The summed E-state index contributed by atoms with van der Waals surface area (Å²) in [7, 11) is -3.97. The third-order valence-corrected chi connectivity index (χ3v) is 9.00. The highest BCUT2D eigenvalue weighted by Gasteiger charge is 2.45. The second-order valence-electron chi connectivity index (χ2n) is 8.81. The van der Waals surface area contributed by atoms with Crippen molar-refractivity contribution in [3.8, 4) is 5.75 Å². The molecule has 2 heterocycles. The molecule has 35 heavy (non-hydrogen) atoms. The maximum atomic E-state index is 13.5. The van der Waals surface area contributed by atoms with Gasteiger partial charge in [0.05, 0.1) is 18.1 Å². The predicted molar refractivity (Wildman–Crippen MR) is 136 cm³/mol. The molecule has 1 amide bonds. The third kappa shape index (κ3) is 6.42. The number of hydrogen-bond donors (Lipinski definition) is 0. The number of likely N-dealkylation sites (tertiary alicyclic amines) is 1. The van der Waals surface area contributed by atoms with Gasteiger partial charge in [-0.1, -0.05) is 40.9 Å². The molecule has 2 fully saturated rings. The zero-order valence-corrected chi connectivity index (χ0v) is 22.2. The number of ether oxygens (including phenoxy) is 2. The van der Waals surface area contributed by atoms with Crippen LogP contribution >= 0.6 is 34.8 Å². The SMILES string of the molecule is O=C(C[C@]1(COc2cccc(Cl)c2)CN(S(=O)(=O)c2ccc(Cl)cc2Cl)CCO1)N1CCCCC1. The third-order valence-electron chi connectivity index (χ3n) is 6.21. The number of sulfonamides is 1. The minimum absolute atomic E-state index is 0.00602. The maximum Gasteiger partial charge on any atom is 0.244 e. The highest BCUT2D eigenvalue weighted by molar-refractivity contribution is 7.89. The van der Waals surface area contributed by atoms with Crippen molar-refractivity contribution in [2.75, 3.05) is 39.4 Å². The Morgan fingerprint density at radius 1 is 1.00 bits per heavy atom. The highest BCUT2D eigenvalue weighted by atomic mass is 35.5. The van der Waals surface area contributed by atoms with Crippen molar-refractivity contribution in [2.24, 2.45) is 0 Å². The fraction of sp³-hybridized carbons (Fsp3) is 0.458. The first-order valence-corrected chi connectivity index (χ1v) is 14.0. The fourth-order valence-corrected chi connectivity index (χ4v) is 6.81. The molecule has 0 aromatic heterocycles. The Morgan fingerprint density at radius 3 is 2.46 bits per heavy atom. The number of piperidine rings is 1. The van der Waals surface area contributed by atoms with E-state index >= 15 is 0 Å². The quantitative estimate of drug-likeness (QED) is 0.481. The minimum atomic E-state index is -3.97. The number of morpholine rings is 1. The molecule has 0 radical (unpaired) electrons. The molecule has 0 N–H and O–H groups in total. The molecule has 190 valence electrons. The first-order chi connectivity index (χ1) is 16.7. The molecule has 0 aliphatic carbocycles. The molecule has 2 aromatic carbocycles. The number of hydrogen-bond acceptors (Lipinski definition) is 5. The molecule has 2 aromatic rings. The van der Waals surface area contributed by atoms with E-state index in [1.807, 2.05) is 4.90 Å². The Bertz CT molecular complexity index is 1170. The second-order valence-corrected chi connectivity index (χ2v) is 12.0. The van der Waals surface area contributed by atoms with E-state index in [2.05, 4.69) is 0 Å². The summed E-state index contributed by atoms with van der Waals surface area (Å²) in [5, 5.41) is 0.883. The van der Waals surface area contributed by atoms with E-state index in [4.69, 9.17) is 44.3 Å². The van der Waals surface area contributed by atoms with Crippen LogP contribution in [0.2, 0.25) is 15.1 Å². The molecule has 2 saturated heterocycles. The summed E-state index contributed by atoms with van der Waals surface area (Å²) in [5.41, 5.74) is -1.18. The van der Waals surface area contributed by atoms with Crippen LogP contribution in [-0.4, -0.2) is 68.5 Å². The topological polar surface area (TPSA) is 76.1 Å². The van der Waals surface area contributed by atoms with Crippen molar-refractivity contribution in [3.63, 3.8) is 0 Å². The van der Waals surface area contributed by atoms with Crippen molar-refractivity contribution in [3.05, 3.63) is 57.5 Å². The lowest BCUT2D eigenvalue weighted by atomic mass is 9.97. The number of nitrogens with zero attached hydrogens (tertiary/aromatic N) is 2. The molecule has 0 unspecified atom stereocenters. The van der Waals surface area contributed by atoms with Gasteiger partial charge < -0.3 is 14.4 Å². The lowest BCUT2D eigenvalue weighted by molar-refractivity contribution is -0.151. The van der Waals surface area contributed by atoms with Crippen LogP contribution in [0.1, 0.15) is 25.7 Å². The molecule has 4 rings (SSSR count). The highest BCUT2D eigenvalue weighted by Crippen LogP contribution is 2.33. The van der Waals surface area contributed by atoms with E-state index in [1.165, 1.54) is 22.5 Å². The zero-order chi connectivity index (χ0) is 25.1. The largest absolute Gasteiger partial charge is 0.490 e. The Hall–Kier alpha value is -1.55. The van der Waals surface area contributed by atoms with Crippen molar-refractivity contribution in [1.82, 2.24) is 9.21 Å². The van der Waals surface area contributed by atoms with Crippen LogP contribution in [0, 0.1) is 0 Å². The fourth-order valence-electron chi connectivity index (χ4n) is 4.39. The van der Waals surface area contributed by atoms with Gasteiger partial charge in [-0.2, -0.15) is 4.31 Å². The Balaban J connectivity index is 1.60. The number of rotatable bonds is 7. The van der Waals surface area contributed by atoms with E-state index in [1.54, 1.807) is 24.3 Å². The molecule has 11 heteroatoms. The first-order valence-electron chi connectivity index (χ1n) is 11.4. The summed E-state index contributed by atoms with van der Waals surface area (Å²) in [6.07, 6.45) is 2.99. The Labute approximate surface area is 220 Å². The van der Waals surface area contributed by atoms with Gasteiger partial charge in [0.25, 0.3) is 0 Å². The van der Waals surface area contributed by atoms with Gasteiger partial charge in [0.1, 0.15) is 22.9 Å². The van der Waals surface area contributed by atoms with Gasteiger partial charge >= 0.3 is 0 Å². The molecule has 2 aliphatic rings. The maximum absolute atomic E-state index is 13.5.